The third-order valence-electron chi connectivity index (χ3n) is 5.98. The van der Waals surface area contributed by atoms with E-state index in [1.807, 2.05) is 0 Å². The highest BCUT2D eigenvalue weighted by molar-refractivity contribution is 5.73. The number of ether oxygens (including phenoxy) is 1. The van der Waals surface area contributed by atoms with Crippen molar-refractivity contribution < 1.29 is 9.53 Å². The fourth-order valence-corrected chi connectivity index (χ4v) is 5.10. The molecule has 4 bridgehead atoms. The maximum absolute atomic E-state index is 12.2. The largest absolute Gasteiger partial charge is 0.462 e. The fourth-order valence-electron chi connectivity index (χ4n) is 5.10. The van der Waals surface area contributed by atoms with Crippen LogP contribution in [-0.4, -0.2) is 12.1 Å². The van der Waals surface area contributed by atoms with Gasteiger partial charge < -0.3 is 4.74 Å². The van der Waals surface area contributed by atoms with Crippen molar-refractivity contribution in [2.75, 3.05) is 0 Å². The van der Waals surface area contributed by atoms with Crippen LogP contribution in [0.3, 0.4) is 0 Å². The molecule has 0 unspecified atom stereocenters. The Kier molecular flexibility index (Phi) is 2.28. The Hall–Kier alpha value is -0.530. The lowest BCUT2D eigenvalue weighted by molar-refractivity contribution is -0.158. The highest BCUT2D eigenvalue weighted by atomic mass is 16.5. The molecule has 0 aliphatic heterocycles. The Labute approximate surface area is 103 Å². The van der Waals surface area contributed by atoms with E-state index in [1.54, 1.807) is 0 Å². The lowest BCUT2D eigenvalue weighted by Gasteiger charge is -2.26. The average Bonchev–Trinajstić information content (AvgIpc) is 3.08. The van der Waals surface area contributed by atoms with E-state index in [0.29, 0.717) is 17.9 Å². The minimum Gasteiger partial charge on any atom is -0.462 e. The van der Waals surface area contributed by atoms with Crippen LogP contribution in [0.15, 0.2) is 0 Å². The average molecular weight is 234 g/mol. The first kappa shape index (κ1) is 10.4. The standard InChI is InChI=1S/C15H22O2/c16-15(13-7-9-1-3-11(13)5-9)17-14-8-10-2-4-12(14)6-10/h9-14H,1-8H2/t9-,10+,11+,12+,13-,14+/m0/s1. The number of carbonyl (C=O) groups excluding carboxylic acids is 1. The zero-order chi connectivity index (χ0) is 11.4. The van der Waals surface area contributed by atoms with Gasteiger partial charge in [-0.25, -0.2) is 0 Å². The van der Waals surface area contributed by atoms with Crippen LogP contribution >= 0.6 is 0 Å². The molecule has 2 heteroatoms. The SMILES string of the molecule is O=C(O[C@@H]1C[C@@H]2CC[C@@H]1C2)[C@H]1C[C@H]2CC[C@@H]1C2. The Balaban J connectivity index is 1.38. The van der Waals surface area contributed by atoms with Crippen LogP contribution < -0.4 is 0 Å². The van der Waals surface area contributed by atoms with Gasteiger partial charge in [-0.15, -0.1) is 0 Å². The molecule has 0 N–H and O–H groups in total. The van der Waals surface area contributed by atoms with Crippen LogP contribution in [0.5, 0.6) is 0 Å². The summed E-state index contributed by atoms with van der Waals surface area (Å²) < 4.78 is 5.84. The van der Waals surface area contributed by atoms with Gasteiger partial charge in [0.2, 0.25) is 0 Å². The lowest BCUT2D eigenvalue weighted by Crippen LogP contribution is -2.30. The van der Waals surface area contributed by atoms with Crippen LogP contribution in [0.25, 0.3) is 0 Å². The smallest absolute Gasteiger partial charge is 0.309 e. The van der Waals surface area contributed by atoms with Crippen molar-refractivity contribution in [1.82, 2.24) is 0 Å². The molecular weight excluding hydrogens is 212 g/mol. The molecule has 17 heavy (non-hydrogen) atoms. The van der Waals surface area contributed by atoms with Gasteiger partial charge in [-0.2, -0.15) is 0 Å². The molecule has 0 aromatic rings. The molecule has 0 aromatic heterocycles. The summed E-state index contributed by atoms with van der Waals surface area (Å²) >= 11 is 0. The minimum absolute atomic E-state index is 0.162. The van der Waals surface area contributed by atoms with Gasteiger partial charge in [-0.1, -0.05) is 6.42 Å². The lowest BCUT2D eigenvalue weighted by atomic mass is 9.89. The van der Waals surface area contributed by atoms with Gasteiger partial charge in [-0.3, -0.25) is 4.79 Å². The summed E-state index contributed by atoms with van der Waals surface area (Å²) in [5.74, 6) is 3.53. The van der Waals surface area contributed by atoms with Crippen LogP contribution in [0, 0.1) is 29.6 Å². The Morgan fingerprint density at radius 3 is 2.06 bits per heavy atom. The molecule has 0 spiro atoms. The molecule has 0 amide bonds. The van der Waals surface area contributed by atoms with E-state index in [2.05, 4.69) is 0 Å². The molecule has 0 radical (unpaired) electrons. The molecule has 4 fully saturated rings. The molecule has 0 heterocycles. The maximum Gasteiger partial charge on any atom is 0.309 e. The first-order chi connectivity index (χ1) is 8.29. The van der Waals surface area contributed by atoms with Gasteiger partial charge in [0.1, 0.15) is 6.10 Å². The van der Waals surface area contributed by atoms with Crippen molar-refractivity contribution in [3.63, 3.8) is 0 Å². The number of rotatable bonds is 2. The predicted octanol–water partition coefficient (Wildman–Crippen LogP) is 3.15. The van der Waals surface area contributed by atoms with Crippen molar-refractivity contribution in [1.29, 1.82) is 0 Å². The van der Waals surface area contributed by atoms with Gasteiger partial charge >= 0.3 is 5.97 Å². The highest BCUT2D eigenvalue weighted by Gasteiger charge is 2.47. The molecule has 0 aromatic carbocycles. The van der Waals surface area contributed by atoms with Crippen molar-refractivity contribution in [2.45, 2.75) is 57.5 Å². The topological polar surface area (TPSA) is 26.3 Å². The summed E-state index contributed by atoms with van der Waals surface area (Å²) in [5, 5.41) is 0. The van der Waals surface area contributed by atoms with Crippen molar-refractivity contribution >= 4 is 5.97 Å². The summed E-state index contributed by atoms with van der Waals surface area (Å²) in [4.78, 5) is 12.2. The van der Waals surface area contributed by atoms with Crippen molar-refractivity contribution in [2.24, 2.45) is 29.6 Å². The maximum atomic E-state index is 12.2. The summed E-state index contributed by atoms with van der Waals surface area (Å²) in [6.07, 6.45) is 10.5. The minimum atomic E-state index is 0.162. The molecule has 4 rings (SSSR count). The van der Waals surface area contributed by atoms with Gasteiger partial charge in [0, 0.05) is 0 Å². The normalized spacial score (nSPS) is 51.1. The summed E-state index contributed by atoms with van der Waals surface area (Å²) in [7, 11) is 0. The van der Waals surface area contributed by atoms with E-state index in [-0.39, 0.29) is 11.9 Å². The van der Waals surface area contributed by atoms with Crippen LogP contribution in [0.2, 0.25) is 0 Å². The van der Waals surface area contributed by atoms with E-state index in [1.165, 1.54) is 38.5 Å². The zero-order valence-corrected chi connectivity index (χ0v) is 10.4. The quantitative estimate of drug-likeness (QED) is 0.686. The van der Waals surface area contributed by atoms with E-state index >= 15 is 0 Å². The van der Waals surface area contributed by atoms with Crippen LogP contribution in [0.4, 0.5) is 0 Å². The molecule has 4 saturated carbocycles. The van der Waals surface area contributed by atoms with Crippen molar-refractivity contribution in [3.05, 3.63) is 0 Å². The van der Waals surface area contributed by atoms with Gasteiger partial charge in [-0.05, 0) is 68.6 Å². The summed E-state index contributed by atoms with van der Waals surface area (Å²) in [6, 6.07) is 0. The Morgan fingerprint density at radius 1 is 0.824 bits per heavy atom. The third-order valence-corrected chi connectivity index (χ3v) is 5.98. The van der Waals surface area contributed by atoms with Gasteiger partial charge in [0.25, 0.3) is 0 Å². The van der Waals surface area contributed by atoms with Gasteiger partial charge in [0.15, 0.2) is 0 Å². The Bertz CT molecular complexity index is 338. The highest BCUT2D eigenvalue weighted by Crippen LogP contribution is 2.50. The molecular formula is C15H22O2. The molecule has 6 atom stereocenters. The molecule has 0 saturated heterocycles. The van der Waals surface area contributed by atoms with E-state index in [4.69, 9.17) is 4.74 Å². The van der Waals surface area contributed by atoms with E-state index in [9.17, 15) is 4.79 Å². The number of hydrogen-bond donors (Lipinski definition) is 0. The van der Waals surface area contributed by atoms with Crippen LogP contribution in [0.1, 0.15) is 51.4 Å². The molecule has 4 aliphatic rings. The Morgan fingerprint density at radius 2 is 1.53 bits per heavy atom. The number of fused-ring (bicyclic) bond motifs is 4. The second-order valence-corrected chi connectivity index (χ2v) is 6.93. The first-order valence-electron chi connectivity index (χ1n) is 7.50. The third kappa shape index (κ3) is 1.63. The van der Waals surface area contributed by atoms with E-state index in [0.717, 1.165) is 24.7 Å². The van der Waals surface area contributed by atoms with E-state index < -0.39 is 0 Å². The summed E-state index contributed by atoms with van der Waals surface area (Å²) in [6.45, 7) is 0. The fraction of sp³-hybridized carbons (Fsp3) is 0.933. The second kappa shape index (κ2) is 3.73. The number of hydrogen-bond acceptors (Lipinski definition) is 2. The van der Waals surface area contributed by atoms with Gasteiger partial charge in [0.05, 0.1) is 5.92 Å². The molecule has 4 aliphatic carbocycles. The molecule has 94 valence electrons. The molecule has 2 nitrogen and oxygen atoms in total. The first-order valence-corrected chi connectivity index (χ1v) is 7.50. The second-order valence-electron chi connectivity index (χ2n) is 6.93. The number of carbonyl (C=O) groups is 1. The number of esters is 1. The van der Waals surface area contributed by atoms with Crippen LogP contribution in [-0.2, 0) is 9.53 Å². The monoisotopic (exact) mass is 234 g/mol. The zero-order valence-electron chi connectivity index (χ0n) is 10.4. The summed E-state index contributed by atoms with van der Waals surface area (Å²) in [5.41, 5.74) is 0. The predicted molar refractivity (Wildman–Crippen MR) is 64.3 cm³/mol. The van der Waals surface area contributed by atoms with Crippen molar-refractivity contribution in [3.8, 4) is 0 Å².